The molecule has 0 amide bonds. The molecule has 1 aromatic heterocycles. The molecule has 0 atom stereocenters. The summed E-state index contributed by atoms with van der Waals surface area (Å²) in [6.07, 6.45) is 3.92. The molecule has 18 heavy (non-hydrogen) atoms. The van der Waals surface area contributed by atoms with E-state index in [1.807, 2.05) is 12.1 Å². The van der Waals surface area contributed by atoms with Crippen LogP contribution in [-0.2, 0) is 12.8 Å². The Labute approximate surface area is 117 Å². The summed E-state index contributed by atoms with van der Waals surface area (Å²) >= 11 is 3.37. The Hall–Kier alpha value is -1.35. The Kier molecular flexibility index (Phi) is 4.76. The summed E-state index contributed by atoms with van der Waals surface area (Å²) in [6.45, 7) is 3.08. The van der Waals surface area contributed by atoms with Crippen LogP contribution in [0.4, 0.5) is 5.82 Å². The Bertz CT molecular complexity index is 477. The lowest BCUT2D eigenvalue weighted by Crippen LogP contribution is -2.06. The summed E-state index contributed by atoms with van der Waals surface area (Å²) in [4.78, 5) is 4.28. The van der Waals surface area contributed by atoms with Crippen LogP contribution in [0.25, 0.3) is 0 Å². The van der Waals surface area contributed by atoms with Gasteiger partial charge in [-0.25, -0.2) is 4.98 Å². The molecule has 3 heteroatoms. The van der Waals surface area contributed by atoms with Gasteiger partial charge in [0.2, 0.25) is 0 Å². The van der Waals surface area contributed by atoms with E-state index < -0.39 is 0 Å². The van der Waals surface area contributed by atoms with Gasteiger partial charge < -0.3 is 5.32 Å². The molecule has 2 nitrogen and oxygen atoms in total. The van der Waals surface area contributed by atoms with Crippen molar-refractivity contribution in [3.8, 4) is 0 Å². The van der Waals surface area contributed by atoms with Crippen LogP contribution in [-0.4, -0.2) is 11.5 Å². The highest BCUT2D eigenvalue weighted by Gasteiger charge is 1.96. The largest absolute Gasteiger partial charge is 0.370 e. The maximum Gasteiger partial charge on any atom is 0.125 e. The fraction of sp³-hybridized carbons (Fsp3) is 0.267. The molecule has 94 valence electrons. The summed E-state index contributed by atoms with van der Waals surface area (Å²) in [6, 6.07) is 12.8. The van der Waals surface area contributed by atoms with Crippen molar-refractivity contribution in [1.82, 2.24) is 4.98 Å². The van der Waals surface area contributed by atoms with Crippen LogP contribution in [0.2, 0.25) is 0 Å². The van der Waals surface area contributed by atoms with Crippen molar-refractivity contribution < 1.29 is 0 Å². The molecule has 0 saturated heterocycles. The topological polar surface area (TPSA) is 24.9 Å². The Morgan fingerprint density at radius 2 is 1.78 bits per heavy atom. The van der Waals surface area contributed by atoms with Gasteiger partial charge in [0.25, 0.3) is 0 Å². The average Bonchev–Trinajstić information content (AvgIpc) is 2.42. The summed E-state index contributed by atoms with van der Waals surface area (Å²) in [5.74, 6) is 0.920. The molecule has 2 rings (SSSR count). The van der Waals surface area contributed by atoms with Crippen LogP contribution >= 0.6 is 15.9 Å². The number of rotatable bonds is 5. The number of nitrogens with zero attached hydrogens (tertiary/aromatic N) is 1. The highest BCUT2D eigenvalue weighted by Crippen LogP contribution is 2.11. The second-order valence-corrected chi connectivity index (χ2v) is 5.12. The molecule has 1 aromatic carbocycles. The van der Waals surface area contributed by atoms with Gasteiger partial charge in [0.15, 0.2) is 0 Å². The summed E-state index contributed by atoms with van der Waals surface area (Å²) < 4.78 is 1.00. The first-order valence-electron chi connectivity index (χ1n) is 6.21. The quantitative estimate of drug-likeness (QED) is 0.901. The molecule has 0 spiro atoms. The number of aryl methyl sites for hydroxylation is 1. The van der Waals surface area contributed by atoms with Gasteiger partial charge in [-0.2, -0.15) is 0 Å². The monoisotopic (exact) mass is 304 g/mol. The normalized spacial score (nSPS) is 10.3. The lowest BCUT2D eigenvalue weighted by molar-refractivity contribution is 1.00. The number of halogens is 1. The molecule has 0 radical (unpaired) electrons. The van der Waals surface area contributed by atoms with Gasteiger partial charge in [0, 0.05) is 17.2 Å². The highest BCUT2D eigenvalue weighted by atomic mass is 79.9. The van der Waals surface area contributed by atoms with E-state index in [0.717, 1.165) is 29.7 Å². The van der Waals surface area contributed by atoms with E-state index in [9.17, 15) is 0 Å². The molecule has 0 fully saturated rings. The van der Waals surface area contributed by atoms with Crippen molar-refractivity contribution in [3.05, 3.63) is 58.2 Å². The van der Waals surface area contributed by atoms with Crippen molar-refractivity contribution in [2.75, 3.05) is 11.9 Å². The summed E-state index contributed by atoms with van der Waals surface area (Å²) in [7, 11) is 0. The van der Waals surface area contributed by atoms with Gasteiger partial charge in [-0.05, 0) is 52.0 Å². The van der Waals surface area contributed by atoms with Crippen LogP contribution in [0, 0.1) is 0 Å². The van der Waals surface area contributed by atoms with Crippen LogP contribution in [0.5, 0.6) is 0 Å². The molecule has 0 bridgehead atoms. The van der Waals surface area contributed by atoms with Crippen molar-refractivity contribution in [3.63, 3.8) is 0 Å². The summed E-state index contributed by atoms with van der Waals surface area (Å²) in [5, 5.41) is 3.32. The van der Waals surface area contributed by atoms with Crippen molar-refractivity contribution in [2.45, 2.75) is 19.8 Å². The SMILES string of the molecule is CCc1ccc(CCNc2ccc(Br)cn2)cc1. The minimum Gasteiger partial charge on any atom is -0.370 e. The maximum absolute atomic E-state index is 4.28. The molecule has 0 unspecified atom stereocenters. The Morgan fingerprint density at radius 1 is 1.06 bits per heavy atom. The van der Waals surface area contributed by atoms with E-state index in [-0.39, 0.29) is 0 Å². The van der Waals surface area contributed by atoms with Gasteiger partial charge in [0.05, 0.1) is 0 Å². The third-order valence-electron chi connectivity index (χ3n) is 2.88. The van der Waals surface area contributed by atoms with Gasteiger partial charge in [-0.3, -0.25) is 0 Å². The zero-order valence-electron chi connectivity index (χ0n) is 10.5. The molecule has 0 saturated carbocycles. The molecule has 0 aliphatic heterocycles. The number of benzene rings is 1. The molecule has 1 N–H and O–H groups in total. The zero-order valence-corrected chi connectivity index (χ0v) is 12.1. The van der Waals surface area contributed by atoms with E-state index in [4.69, 9.17) is 0 Å². The third kappa shape index (κ3) is 3.84. The number of aromatic nitrogens is 1. The number of nitrogens with one attached hydrogen (secondary N) is 1. The van der Waals surface area contributed by atoms with Gasteiger partial charge in [-0.15, -0.1) is 0 Å². The van der Waals surface area contributed by atoms with E-state index in [1.165, 1.54) is 11.1 Å². The van der Waals surface area contributed by atoms with E-state index in [0.29, 0.717) is 0 Å². The van der Waals surface area contributed by atoms with Gasteiger partial charge in [-0.1, -0.05) is 31.2 Å². The van der Waals surface area contributed by atoms with Crippen molar-refractivity contribution in [2.24, 2.45) is 0 Å². The Balaban J connectivity index is 1.82. The second kappa shape index (κ2) is 6.55. The molecule has 0 aliphatic rings. The van der Waals surface area contributed by atoms with Crippen molar-refractivity contribution >= 4 is 21.7 Å². The van der Waals surface area contributed by atoms with Crippen LogP contribution in [0.3, 0.4) is 0 Å². The Morgan fingerprint density at radius 3 is 2.39 bits per heavy atom. The smallest absolute Gasteiger partial charge is 0.125 e. The first-order chi connectivity index (χ1) is 8.78. The second-order valence-electron chi connectivity index (χ2n) is 4.21. The predicted molar refractivity (Wildman–Crippen MR) is 80.0 cm³/mol. The highest BCUT2D eigenvalue weighted by molar-refractivity contribution is 9.10. The van der Waals surface area contributed by atoms with Crippen molar-refractivity contribution in [1.29, 1.82) is 0 Å². The van der Waals surface area contributed by atoms with E-state index >= 15 is 0 Å². The minimum atomic E-state index is 0.903. The fourth-order valence-electron chi connectivity index (χ4n) is 1.76. The van der Waals surface area contributed by atoms with Crippen LogP contribution < -0.4 is 5.32 Å². The van der Waals surface area contributed by atoms with Gasteiger partial charge >= 0.3 is 0 Å². The average molecular weight is 305 g/mol. The zero-order chi connectivity index (χ0) is 12.8. The third-order valence-corrected chi connectivity index (χ3v) is 3.35. The van der Waals surface area contributed by atoms with Crippen LogP contribution in [0.1, 0.15) is 18.1 Å². The number of hydrogen-bond donors (Lipinski definition) is 1. The lowest BCUT2D eigenvalue weighted by atomic mass is 10.1. The van der Waals surface area contributed by atoms with Gasteiger partial charge in [0.1, 0.15) is 5.82 Å². The van der Waals surface area contributed by atoms with E-state index in [2.05, 4.69) is 57.4 Å². The molecule has 1 heterocycles. The minimum absolute atomic E-state index is 0.903. The van der Waals surface area contributed by atoms with Crippen LogP contribution in [0.15, 0.2) is 47.1 Å². The fourth-order valence-corrected chi connectivity index (χ4v) is 1.99. The molecular weight excluding hydrogens is 288 g/mol. The molecular formula is C15H17BrN2. The lowest BCUT2D eigenvalue weighted by Gasteiger charge is -2.06. The first-order valence-corrected chi connectivity index (χ1v) is 7.00. The summed E-state index contributed by atoms with van der Waals surface area (Å²) in [5.41, 5.74) is 2.75. The maximum atomic E-state index is 4.28. The first kappa shape index (κ1) is 13.1. The standard InChI is InChI=1S/C15H17BrN2/c1-2-12-3-5-13(6-4-12)9-10-17-15-8-7-14(16)11-18-15/h3-8,11H,2,9-10H2,1H3,(H,17,18). The predicted octanol–water partition coefficient (Wildman–Crippen LogP) is 4.06. The molecule has 0 aliphatic carbocycles. The number of pyridine rings is 1. The van der Waals surface area contributed by atoms with E-state index in [1.54, 1.807) is 6.20 Å². The molecule has 2 aromatic rings. The number of hydrogen-bond acceptors (Lipinski definition) is 2. The number of anilines is 1.